The lowest BCUT2D eigenvalue weighted by Crippen LogP contribution is -2.04. The maximum Gasteiger partial charge on any atom is 0.290 e. The van der Waals surface area contributed by atoms with Gasteiger partial charge in [0.25, 0.3) is 10.1 Å². The average molecular weight is 375 g/mol. The van der Waals surface area contributed by atoms with E-state index in [2.05, 4.69) is 6.92 Å². The molecule has 0 amide bonds. The first kappa shape index (κ1) is 24.7. The lowest BCUT2D eigenvalue weighted by Gasteiger charge is -2.07. The summed E-state index contributed by atoms with van der Waals surface area (Å²) in [7, 11) is -4.00. The lowest BCUT2D eigenvalue weighted by atomic mass is 10.0. The zero-order chi connectivity index (χ0) is 19.0. The molecule has 0 aliphatic carbocycles. The van der Waals surface area contributed by atoms with E-state index in [1.54, 1.807) is 13.8 Å². The SMILES string of the molecule is CCCCCCCCCCCCCCCCCC(=C(C)C)S(=O)(=O)O. The van der Waals surface area contributed by atoms with Gasteiger partial charge in [0.2, 0.25) is 0 Å². The van der Waals surface area contributed by atoms with Crippen LogP contribution in [0.5, 0.6) is 0 Å². The largest absolute Gasteiger partial charge is 0.290 e. The van der Waals surface area contributed by atoms with Gasteiger partial charge in [-0.2, -0.15) is 8.42 Å². The van der Waals surface area contributed by atoms with Crippen molar-refractivity contribution in [2.24, 2.45) is 0 Å². The number of allylic oxidation sites excluding steroid dienone is 2. The van der Waals surface area contributed by atoms with E-state index >= 15 is 0 Å². The Kier molecular flexibility index (Phi) is 15.6. The van der Waals surface area contributed by atoms with Crippen LogP contribution in [0.1, 0.15) is 124 Å². The molecule has 0 saturated heterocycles. The summed E-state index contributed by atoms with van der Waals surface area (Å²) >= 11 is 0. The van der Waals surface area contributed by atoms with Gasteiger partial charge in [0.1, 0.15) is 0 Å². The Morgan fingerprint density at radius 2 is 0.960 bits per heavy atom. The average Bonchev–Trinajstić information content (AvgIpc) is 2.53. The highest BCUT2D eigenvalue weighted by atomic mass is 32.2. The van der Waals surface area contributed by atoms with Crippen LogP contribution in [-0.4, -0.2) is 13.0 Å². The molecule has 0 heterocycles. The first-order valence-electron chi connectivity index (χ1n) is 10.5. The van der Waals surface area contributed by atoms with Crippen molar-refractivity contribution in [2.45, 2.75) is 124 Å². The van der Waals surface area contributed by atoms with E-state index in [1.165, 1.54) is 83.5 Å². The molecule has 0 atom stereocenters. The highest BCUT2D eigenvalue weighted by molar-refractivity contribution is 7.89. The first-order valence-corrected chi connectivity index (χ1v) is 12.0. The van der Waals surface area contributed by atoms with E-state index in [-0.39, 0.29) is 4.91 Å². The third-order valence-electron chi connectivity index (χ3n) is 4.88. The number of unbranched alkanes of at least 4 members (excludes halogenated alkanes) is 14. The Hall–Kier alpha value is -0.350. The van der Waals surface area contributed by atoms with Crippen LogP contribution in [0.2, 0.25) is 0 Å². The van der Waals surface area contributed by atoms with Crippen molar-refractivity contribution in [2.75, 3.05) is 0 Å². The molecule has 0 aromatic carbocycles. The quantitative estimate of drug-likeness (QED) is 0.213. The van der Waals surface area contributed by atoms with Crippen LogP contribution in [0.25, 0.3) is 0 Å². The van der Waals surface area contributed by atoms with E-state index < -0.39 is 10.1 Å². The Balaban J connectivity index is 3.39. The molecule has 0 fully saturated rings. The van der Waals surface area contributed by atoms with Crippen LogP contribution in [0, 0.1) is 0 Å². The van der Waals surface area contributed by atoms with E-state index in [0.29, 0.717) is 12.0 Å². The third kappa shape index (κ3) is 15.6. The van der Waals surface area contributed by atoms with Crippen molar-refractivity contribution < 1.29 is 13.0 Å². The molecule has 0 aliphatic heterocycles. The molecular formula is C21H42O3S. The normalized spacial score (nSPS) is 11.7. The summed E-state index contributed by atoms with van der Waals surface area (Å²) in [5, 5.41) is 0. The zero-order valence-corrected chi connectivity index (χ0v) is 17.8. The molecule has 0 aromatic heterocycles. The standard InChI is InChI=1S/C21H42O3S/c1-4-5-6-7-8-9-10-11-12-13-14-15-16-17-18-19-21(20(2)3)25(22,23)24/h4-19H2,1-3H3,(H,22,23,24). The third-order valence-corrected chi connectivity index (χ3v) is 6.11. The van der Waals surface area contributed by atoms with Crippen LogP contribution in [-0.2, 0) is 10.1 Å². The van der Waals surface area contributed by atoms with Crippen LogP contribution in [0.15, 0.2) is 10.5 Å². The molecule has 0 radical (unpaired) electrons. The zero-order valence-electron chi connectivity index (χ0n) is 17.0. The predicted octanol–water partition coefficient (Wildman–Crippen LogP) is 7.43. The maximum absolute atomic E-state index is 11.2. The van der Waals surface area contributed by atoms with Gasteiger partial charge in [0.15, 0.2) is 0 Å². The minimum atomic E-state index is -4.00. The fourth-order valence-corrected chi connectivity index (χ4v) is 4.21. The van der Waals surface area contributed by atoms with E-state index in [1.807, 2.05) is 0 Å². The Labute approximate surface area is 157 Å². The van der Waals surface area contributed by atoms with E-state index in [4.69, 9.17) is 0 Å². The van der Waals surface area contributed by atoms with Gasteiger partial charge < -0.3 is 0 Å². The molecule has 0 aromatic rings. The van der Waals surface area contributed by atoms with Crippen molar-refractivity contribution >= 4 is 10.1 Å². The minimum Gasteiger partial charge on any atom is -0.282 e. The van der Waals surface area contributed by atoms with Crippen LogP contribution in [0.3, 0.4) is 0 Å². The van der Waals surface area contributed by atoms with Crippen molar-refractivity contribution in [1.82, 2.24) is 0 Å². The van der Waals surface area contributed by atoms with Gasteiger partial charge in [-0.05, 0) is 26.7 Å². The second-order valence-electron chi connectivity index (χ2n) is 7.60. The van der Waals surface area contributed by atoms with Crippen molar-refractivity contribution in [3.05, 3.63) is 10.5 Å². The predicted molar refractivity (Wildman–Crippen MR) is 109 cm³/mol. The number of hydrogen-bond donors (Lipinski definition) is 1. The lowest BCUT2D eigenvalue weighted by molar-refractivity contribution is 0.486. The molecular weight excluding hydrogens is 332 g/mol. The van der Waals surface area contributed by atoms with Gasteiger partial charge in [-0.15, -0.1) is 0 Å². The number of hydrogen-bond acceptors (Lipinski definition) is 2. The topological polar surface area (TPSA) is 54.4 Å². The fraction of sp³-hybridized carbons (Fsp3) is 0.905. The van der Waals surface area contributed by atoms with Gasteiger partial charge in [0, 0.05) is 0 Å². The fourth-order valence-electron chi connectivity index (χ4n) is 3.29. The van der Waals surface area contributed by atoms with Crippen LogP contribution in [0.4, 0.5) is 0 Å². The summed E-state index contributed by atoms with van der Waals surface area (Å²) in [6.45, 7) is 5.75. The van der Waals surface area contributed by atoms with Gasteiger partial charge >= 0.3 is 0 Å². The highest BCUT2D eigenvalue weighted by Gasteiger charge is 2.14. The van der Waals surface area contributed by atoms with Gasteiger partial charge in [-0.1, -0.05) is 102 Å². The van der Waals surface area contributed by atoms with Crippen molar-refractivity contribution in [3.63, 3.8) is 0 Å². The van der Waals surface area contributed by atoms with Crippen molar-refractivity contribution in [1.29, 1.82) is 0 Å². The summed E-state index contributed by atoms with van der Waals surface area (Å²) < 4.78 is 31.7. The Morgan fingerprint density at radius 1 is 0.640 bits per heavy atom. The molecule has 150 valence electrons. The smallest absolute Gasteiger partial charge is 0.282 e. The monoisotopic (exact) mass is 374 g/mol. The Bertz CT molecular complexity index is 434. The molecule has 25 heavy (non-hydrogen) atoms. The highest BCUT2D eigenvalue weighted by Crippen LogP contribution is 2.19. The molecule has 0 rings (SSSR count). The molecule has 0 unspecified atom stereocenters. The molecule has 1 N–H and O–H groups in total. The number of rotatable bonds is 17. The molecule has 3 nitrogen and oxygen atoms in total. The summed E-state index contributed by atoms with van der Waals surface area (Å²) in [5.74, 6) is 0. The molecule has 4 heteroatoms. The molecule has 0 saturated carbocycles. The summed E-state index contributed by atoms with van der Waals surface area (Å²) in [6.07, 6.45) is 19.9. The van der Waals surface area contributed by atoms with Crippen LogP contribution < -0.4 is 0 Å². The first-order chi connectivity index (χ1) is 11.9. The molecule has 0 spiro atoms. The summed E-state index contributed by atoms with van der Waals surface area (Å²) in [5.41, 5.74) is 0.702. The van der Waals surface area contributed by atoms with Gasteiger partial charge in [-0.3, -0.25) is 4.55 Å². The van der Waals surface area contributed by atoms with E-state index in [0.717, 1.165) is 12.8 Å². The summed E-state index contributed by atoms with van der Waals surface area (Å²) in [4.78, 5) is 0.210. The second-order valence-corrected chi connectivity index (χ2v) is 9.04. The van der Waals surface area contributed by atoms with Crippen LogP contribution >= 0.6 is 0 Å². The minimum absolute atomic E-state index is 0.210. The summed E-state index contributed by atoms with van der Waals surface area (Å²) in [6, 6.07) is 0. The maximum atomic E-state index is 11.2. The molecule has 0 bridgehead atoms. The Morgan fingerprint density at radius 3 is 1.24 bits per heavy atom. The van der Waals surface area contributed by atoms with E-state index in [9.17, 15) is 13.0 Å². The van der Waals surface area contributed by atoms with Gasteiger partial charge in [-0.25, -0.2) is 0 Å². The second kappa shape index (κ2) is 15.9. The molecule has 0 aliphatic rings. The van der Waals surface area contributed by atoms with Gasteiger partial charge in [0.05, 0.1) is 4.91 Å². The van der Waals surface area contributed by atoms with Crippen molar-refractivity contribution in [3.8, 4) is 0 Å².